The van der Waals surface area contributed by atoms with Crippen molar-refractivity contribution in [3.05, 3.63) is 47.8 Å². The molecule has 2 aromatic rings. The van der Waals surface area contributed by atoms with Crippen LogP contribution in [0.4, 0.5) is 10.1 Å². The smallest absolute Gasteiger partial charge is 0.124 e. The zero-order chi connectivity index (χ0) is 11.7. The molecule has 0 aliphatic rings. The van der Waals surface area contributed by atoms with E-state index in [4.69, 9.17) is 5.73 Å². The first-order valence-corrected chi connectivity index (χ1v) is 4.93. The normalized spacial score (nSPS) is 10.4. The summed E-state index contributed by atoms with van der Waals surface area (Å²) in [4.78, 5) is 0. The van der Waals surface area contributed by atoms with E-state index in [1.165, 1.54) is 18.2 Å². The molecule has 0 radical (unpaired) electrons. The van der Waals surface area contributed by atoms with Gasteiger partial charge in [0.05, 0.1) is 0 Å². The van der Waals surface area contributed by atoms with Gasteiger partial charge in [-0.15, -0.1) is 0 Å². The molecule has 0 atom stereocenters. The van der Waals surface area contributed by atoms with E-state index in [2.05, 4.69) is 0 Å². The van der Waals surface area contributed by atoms with E-state index < -0.39 is 0 Å². The van der Waals surface area contributed by atoms with Gasteiger partial charge in [-0.2, -0.15) is 0 Å². The van der Waals surface area contributed by atoms with Crippen LogP contribution in [0.5, 0.6) is 5.75 Å². The molecule has 0 bridgehead atoms. The second kappa shape index (κ2) is 3.85. The van der Waals surface area contributed by atoms with Crippen molar-refractivity contribution >= 4 is 5.69 Å². The molecule has 3 heteroatoms. The lowest BCUT2D eigenvalue weighted by molar-refractivity contribution is 0.475. The number of nitrogen functional groups attached to an aromatic ring is 1. The maximum absolute atomic E-state index is 13.1. The Balaban J connectivity index is 2.66. The molecule has 0 heterocycles. The molecule has 0 saturated heterocycles. The molecule has 3 N–H and O–H groups in total. The Morgan fingerprint density at radius 1 is 1.06 bits per heavy atom. The van der Waals surface area contributed by atoms with Gasteiger partial charge in [0.15, 0.2) is 0 Å². The van der Waals surface area contributed by atoms with Crippen molar-refractivity contribution in [2.45, 2.75) is 6.92 Å². The number of aromatic hydroxyl groups is 1. The molecule has 0 amide bonds. The fraction of sp³-hybridized carbons (Fsp3) is 0.0769. The number of nitrogens with two attached hydrogens (primary N) is 1. The van der Waals surface area contributed by atoms with E-state index in [-0.39, 0.29) is 11.6 Å². The molecule has 0 aliphatic carbocycles. The Bertz CT molecular complexity index is 488. The first-order valence-electron chi connectivity index (χ1n) is 4.93. The van der Waals surface area contributed by atoms with Gasteiger partial charge in [0.25, 0.3) is 0 Å². The van der Waals surface area contributed by atoms with Crippen LogP contribution in [0.25, 0.3) is 11.1 Å². The third-order valence-electron chi connectivity index (χ3n) is 2.51. The molecule has 2 nitrogen and oxygen atoms in total. The number of halogens is 1. The fourth-order valence-electron chi connectivity index (χ4n) is 1.65. The minimum atomic E-state index is -0.380. The molecular formula is C13H12FNO. The third kappa shape index (κ3) is 1.84. The van der Waals surface area contributed by atoms with Crippen molar-refractivity contribution in [1.82, 2.24) is 0 Å². The first kappa shape index (κ1) is 10.5. The number of phenolic OH excluding ortho intramolecular Hbond substituents is 1. The van der Waals surface area contributed by atoms with Crippen molar-refractivity contribution in [3.8, 4) is 16.9 Å². The topological polar surface area (TPSA) is 46.2 Å². The summed E-state index contributed by atoms with van der Waals surface area (Å²) in [5.74, 6) is -0.329. The molecule has 2 aromatic carbocycles. The van der Waals surface area contributed by atoms with Gasteiger partial charge in [-0.25, -0.2) is 4.39 Å². The van der Waals surface area contributed by atoms with Crippen LogP contribution in [-0.4, -0.2) is 5.11 Å². The summed E-state index contributed by atoms with van der Waals surface area (Å²) in [7, 11) is 0. The number of phenols is 1. The van der Waals surface area contributed by atoms with Gasteiger partial charge in [-0.1, -0.05) is 6.07 Å². The van der Waals surface area contributed by atoms with Gasteiger partial charge in [0.1, 0.15) is 11.6 Å². The van der Waals surface area contributed by atoms with Crippen LogP contribution in [-0.2, 0) is 0 Å². The molecule has 0 aliphatic heterocycles. The second-order valence-electron chi connectivity index (χ2n) is 3.74. The molecule has 2 rings (SSSR count). The maximum Gasteiger partial charge on any atom is 0.124 e. The Hall–Kier alpha value is -2.03. The highest BCUT2D eigenvalue weighted by molar-refractivity contribution is 5.75. The van der Waals surface area contributed by atoms with Gasteiger partial charge in [-0.05, 0) is 48.4 Å². The van der Waals surface area contributed by atoms with Crippen molar-refractivity contribution in [2.75, 3.05) is 5.73 Å². The lowest BCUT2D eigenvalue weighted by atomic mass is 9.99. The summed E-state index contributed by atoms with van der Waals surface area (Å²) in [6.45, 7) is 1.89. The molecule has 0 spiro atoms. The number of hydrogen-bond acceptors (Lipinski definition) is 2. The highest BCUT2D eigenvalue weighted by Crippen LogP contribution is 2.33. The van der Waals surface area contributed by atoms with E-state index in [0.717, 1.165) is 11.1 Å². The lowest BCUT2D eigenvalue weighted by Gasteiger charge is -2.09. The van der Waals surface area contributed by atoms with Crippen LogP contribution in [0.1, 0.15) is 5.56 Å². The van der Waals surface area contributed by atoms with Crippen molar-refractivity contribution in [3.63, 3.8) is 0 Å². The van der Waals surface area contributed by atoms with Crippen LogP contribution in [0, 0.1) is 12.7 Å². The lowest BCUT2D eigenvalue weighted by Crippen LogP contribution is -1.90. The summed E-state index contributed by atoms with van der Waals surface area (Å²) in [6.07, 6.45) is 0. The van der Waals surface area contributed by atoms with Crippen molar-refractivity contribution in [1.29, 1.82) is 0 Å². The molecule has 16 heavy (non-hydrogen) atoms. The van der Waals surface area contributed by atoms with Crippen LogP contribution in [0.2, 0.25) is 0 Å². The Morgan fingerprint density at radius 2 is 1.81 bits per heavy atom. The zero-order valence-electron chi connectivity index (χ0n) is 8.87. The van der Waals surface area contributed by atoms with Crippen molar-refractivity contribution in [2.24, 2.45) is 0 Å². The summed E-state index contributed by atoms with van der Waals surface area (Å²) in [5, 5.41) is 9.70. The Morgan fingerprint density at radius 3 is 2.56 bits per heavy atom. The summed E-state index contributed by atoms with van der Waals surface area (Å²) in [5.41, 5.74) is 8.41. The predicted molar refractivity (Wildman–Crippen MR) is 62.7 cm³/mol. The number of benzene rings is 2. The minimum absolute atomic E-state index is 0.0510. The monoisotopic (exact) mass is 217 g/mol. The highest BCUT2D eigenvalue weighted by Gasteiger charge is 2.08. The predicted octanol–water partition coefficient (Wildman–Crippen LogP) is 3.09. The number of rotatable bonds is 1. The molecule has 82 valence electrons. The van der Waals surface area contributed by atoms with Crippen LogP contribution < -0.4 is 5.73 Å². The van der Waals surface area contributed by atoms with Gasteiger partial charge in [0, 0.05) is 11.3 Å². The van der Waals surface area contributed by atoms with E-state index in [0.29, 0.717) is 11.3 Å². The molecule has 0 fully saturated rings. The summed E-state index contributed by atoms with van der Waals surface area (Å²) < 4.78 is 13.1. The minimum Gasteiger partial charge on any atom is -0.507 e. The largest absolute Gasteiger partial charge is 0.507 e. The molecule has 0 unspecified atom stereocenters. The van der Waals surface area contributed by atoms with Crippen LogP contribution >= 0.6 is 0 Å². The number of aryl methyl sites for hydroxylation is 1. The summed E-state index contributed by atoms with van der Waals surface area (Å²) in [6, 6.07) is 9.21. The molecule has 0 saturated carbocycles. The highest BCUT2D eigenvalue weighted by atomic mass is 19.1. The SMILES string of the molecule is Cc1ccc(N)cc1-c1cc(F)ccc1O. The van der Waals surface area contributed by atoms with E-state index >= 15 is 0 Å². The van der Waals surface area contributed by atoms with Crippen LogP contribution in [0.3, 0.4) is 0 Å². The van der Waals surface area contributed by atoms with Crippen LogP contribution in [0.15, 0.2) is 36.4 Å². The van der Waals surface area contributed by atoms with Gasteiger partial charge < -0.3 is 10.8 Å². The Labute approximate surface area is 93.2 Å². The van der Waals surface area contributed by atoms with E-state index in [9.17, 15) is 9.50 Å². The maximum atomic E-state index is 13.1. The van der Waals surface area contributed by atoms with Gasteiger partial charge in [0.2, 0.25) is 0 Å². The van der Waals surface area contributed by atoms with E-state index in [1.54, 1.807) is 12.1 Å². The average molecular weight is 217 g/mol. The Kier molecular flexibility index (Phi) is 2.52. The standard InChI is InChI=1S/C13H12FNO/c1-8-2-4-10(15)7-11(8)12-6-9(14)3-5-13(12)16/h2-7,16H,15H2,1H3. The quantitative estimate of drug-likeness (QED) is 0.721. The molecular weight excluding hydrogens is 205 g/mol. The average Bonchev–Trinajstić information content (AvgIpc) is 2.25. The molecule has 0 aromatic heterocycles. The second-order valence-corrected chi connectivity index (χ2v) is 3.74. The fourth-order valence-corrected chi connectivity index (χ4v) is 1.65. The first-order chi connectivity index (χ1) is 7.58. The van der Waals surface area contributed by atoms with Crippen molar-refractivity contribution < 1.29 is 9.50 Å². The number of anilines is 1. The summed E-state index contributed by atoms with van der Waals surface area (Å²) >= 11 is 0. The van der Waals surface area contributed by atoms with E-state index in [1.807, 2.05) is 13.0 Å². The van der Waals surface area contributed by atoms with Gasteiger partial charge in [-0.3, -0.25) is 0 Å². The zero-order valence-corrected chi connectivity index (χ0v) is 8.87. The number of hydrogen-bond donors (Lipinski definition) is 2. The third-order valence-corrected chi connectivity index (χ3v) is 2.51. The van der Waals surface area contributed by atoms with Gasteiger partial charge >= 0.3 is 0 Å².